The number of para-hydroxylation sites is 2. The third kappa shape index (κ3) is 4.11. The third-order valence-electron chi connectivity index (χ3n) is 2.87. The van der Waals surface area contributed by atoms with Gasteiger partial charge in [-0.1, -0.05) is 23.9 Å². The highest BCUT2D eigenvalue weighted by molar-refractivity contribution is 8.00. The van der Waals surface area contributed by atoms with E-state index in [0.717, 1.165) is 0 Å². The Morgan fingerprint density at radius 3 is 2.82 bits per heavy atom. The molecule has 2 aromatic rings. The fourth-order valence-corrected chi connectivity index (χ4v) is 2.67. The van der Waals surface area contributed by atoms with Crippen molar-refractivity contribution in [3.8, 4) is 5.75 Å². The van der Waals surface area contributed by atoms with Crippen molar-refractivity contribution in [3.63, 3.8) is 0 Å². The normalized spacial score (nSPS) is 11.8. The number of carbonyl (C=O) groups excluding carboxylic acids is 1. The number of hydrogen-bond donors (Lipinski definition) is 2. The van der Waals surface area contributed by atoms with Crippen molar-refractivity contribution in [1.82, 2.24) is 9.97 Å². The summed E-state index contributed by atoms with van der Waals surface area (Å²) in [5.41, 5.74) is 0.990. The average Bonchev–Trinajstić information content (AvgIpc) is 2.46. The van der Waals surface area contributed by atoms with Crippen LogP contribution in [0.1, 0.15) is 12.6 Å². The van der Waals surface area contributed by atoms with Crippen molar-refractivity contribution in [1.29, 1.82) is 0 Å². The first-order valence-electron chi connectivity index (χ1n) is 6.68. The number of rotatable bonds is 5. The van der Waals surface area contributed by atoms with Crippen LogP contribution in [0.5, 0.6) is 5.75 Å². The molecule has 7 heteroatoms. The Kier molecular flexibility index (Phi) is 5.21. The van der Waals surface area contributed by atoms with Crippen molar-refractivity contribution < 1.29 is 9.53 Å². The molecule has 0 radical (unpaired) electrons. The number of nitrogens with zero attached hydrogens (tertiary/aromatic N) is 1. The van der Waals surface area contributed by atoms with E-state index in [9.17, 15) is 9.59 Å². The van der Waals surface area contributed by atoms with Crippen molar-refractivity contribution in [3.05, 3.63) is 46.4 Å². The quantitative estimate of drug-likeness (QED) is 0.652. The molecule has 0 aliphatic heterocycles. The van der Waals surface area contributed by atoms with E-state index >= 15 is 0 Å². The summed E-state index contributed by atoms with van der Waals surface area (Å²) in [4.78, 5) is 30.5. The first-order chi connectivity index (χ1) is 10.5. The molecular formula is C15H17N3O3S. The van der Waals surface area contributed by atoms with Crippen molar-refractivity contribution >= 4 is 23.4 Å². The lowest BCUT2D eigenvalue weighted by atomic mass is 10.3. The largest absolute Gasteiger partial charge is 0.495 e. The number of H-pyrrole nitrogens is 1. The van der Waals surface area contributed by atoms with Crippen LogP contribution in [-0.4, -0.2) is 28.2 Å². The van der Waals surface area contributed by atoms with Crippen LogP contribution in [-0.2, 0) is 4.79 Å². The maximum absolute atomic E-state index is 12.2. The van der Waals surface area contributed by atoms with E-state index in [0.29, 0.717) is 22.3 Å². The summed E-state index contributed by atoms with van der Waals surface area (Å²) in [5, 5.41) is 2.81. The number of thioether (sulfide) groups is 1. The Morgan fingerprint density at radius 2 is 2.14 bits per heavy atom. The molecule has 6 nitrogen and oxygen atoms in total. The SMILES string of the molecule is COc1ccccc1NC(=O)C(C)Sc1nc(C)cc(=O)[nH]1. The molecular weight excluding hydrogens is 302 g/mol. The summed E-state index contributed by atoms with van der Waals surface area (Å²) in [7, 11) is 1.55. The Hall–Kier alpha value is -2.28. The van der Waals surface area contributed by atoms with Gasteiger partial charge in [0.1, 0.15) is 5.75 Å². The second-order valence-electron chi connectivity index (χ2n) is 4.64. The second kappa shape index (κ2) is 7.13. The number of amides is 1. The maximum atomic E-state index is 12.2. The van der Waals surface area contributed by atoms with E-state index in [1.165, 1.54) is 17.8 Å². The molecule has 0 bridgehead atoms. The van der Waals surface area contributed by atoms with Gasteiger partial charge in [-0.05, 0) is 26.0 Å². The minimum Gasteiger partial charge on any atom is -0.495 e. The third-order valence-corrected chi connectivity index (χ3v) is 3.85. The lowest BCUT2D eigenvalue weighted by molar-refractivity contribution is -0.115. The van der Waals surface area contributed by atoms with Gasteiger partial charge in [-0.3, -0.25) is 9.59 Å². The topological polar surface area (TPSA) is 84.1 Å². The van der Waals surface area contributed by atoms with Gasteiger partial charge in [0.2, 0.25) is 5.91 Å². The van der Waals surface area contributed by atoms with E-state index in [1.54, 1.807) is 33.1 Å². The number of carbonyl (C=O) groups is 1. The number of aromatic amines is 1. The molecule has 1 aromatic carbocycles. The summed E-state index contributed by atoms with van der Waals surface area (Å²) in [6, 6.07) is 8.58. The second-order valence-corrected chi connectivity index (χ2v) is 5.97. The molecule has 0 saturated carbocycles. The first kappa shape index (κ1) is 16.1. The molecule has 2 N–H and O–H groups in total. The predicted molar refractivity (Wildman–Crippen MR) is 86.5 cm³/mol. The van der Waals surface area contributed by atoms with Crippen LogP contribution in [0.15, 0.2) is 40.3 Å². The fourth-order valence-electron chi connectivity index (χ4n) is 1.81. The highest BCUT2D eigenvalue weighted by atomic mass is 32.2. The minimum absolute atomic E-state index is 0.196. The van der Waals surface area contributed by atoms with Gasteiger partial charge in [0, 0.05) is 11.8 Å². The zero-order valence-electron chi connectivity index (χ0n) is 12.5. The predicted octanol–water partition coefficient (Wildman–Crippen LogP) is 2.21. The van der Waals surface area contributed by atoms with E-state index in [-0.39, 0.29) is 11.5 Å². The average molecular weight is 319 g/mol. The number of aromatic nitrogens is 2. The number of methoxy groups -OCH3 is 1. The van der Waals surface area contributed by atoms with Gasteiger partial charge in [0.05, 0.1) is 18.0 Å². The van der Waals surface area contributed by atoms with Crippen molar-refractivity contribution in [2.75, 3.05) is 12.4 Å². The van der Waals surface area contributed by atoms with Crippen LogP contribution in [0.4, 0.5) is 5.69 Å². The lowest BCUT2D eigenvalue weighted by Crippen LogP contribution is -2.23. The van der Waals surface area contributed by atoms with Crippen LogP contribution in [0.2, 0.25) is 0 Å². The van der Waals surface area contributed by atoms with Crippen molar-refractivity contribution in [2.24, 2.45) is 0 Å². The van der Waals surface area contributed by atoms with Gasteiger partial charge in [0.25, 0.3) is 5.56 Å². The molecule has 1 unspecified atom stereocenters. The molecule has 0 spiro atoms. The zero-order valence-corrected chi connectivity index (χ0v) is 13.4. The van der Waals surface area contributed by atoms with Crippen LogP contribution in [0.25, 0.3) is 0 Å². The number of hydrogen-bond acceptors (Lipinski definition) is 5. The van der Waals surface area contributed by atoms with Crippen LogP contribution < -0.4 is 15.6 Å². The smallest absolute Gasteiger partial charge is 0.251 e. The molecule has 1 amide bonds. The molecule has 0 fully saturated rings. The number of aryl methyl sites for hydroxylation is 1. The molecule has 0 aliphatic carbocycles. The molecule has 22 heavy (non-hydrogen) atoms. The van der Waals surface area contributed by atoms with Crippen LogP contribution >= 0.6 is 11.8 Å². The summed E-state index contributed by atoms with van der Waals surface area (Å²) >= 11 is 1.19. The lowest BCUT2D eigenvalue weighted by Gasteiger charge is -2.13. The summed E-state index contributed by atoms with van der Waals surface area (Å²) in [6.07, 6.45) is 0. The minimum atomic E-state index is -0.421. The van der Waals surface area contributed by atoms with Gasteiger partial charge >= 0.3 is 0 Å². The van der Waals surface area contributed by atoms with E-state index < -0.39 is 5.25 Å². The molecule has 1 atom stereocenters. The molecule has 0 saturated heterocycles. The Bertz CT molecular complexity index is 730. The molecule has 0 aliphatic rings. The Labute approximate surface area is 132 Å². The number of benzene rings is 1. The highest BCUT2D eigenvalue weighted by Gasteiger charge is 2.17. The number of ether oxygens (including phenoxy) is 1. The van der Waals surface area contributed by atoms with Gasteiger partial charge < -0.3 is 15.0 Å². The summed E-state index contributed by atoms with van der Waals surface area (Å²) < 4.78 is 5.19. The van der Waals surface area contributed by atoms with Gasteiger partial charge in [-0.15, -0.1) is 0 Å². The van der Waals surface area contributed by atoms with Gasteiger partial charge in [-0.25, -0.2) is 4.98 Å². The van der Waals surface area contributed by atoms with Gasteiger partial charge in [-0.2, -0.15) is 0 Å². The van der Waals surface area contributed by atoms with E-state index in [4.69, 9.17) is 4.74 Å². The number of nitrogens with one attached hydrogen (secondary N) is 2. The summed E-state index contributed by atoms with van der Waals surface area (Å²) in [6.45, 7) is 3.48. The molecule has 116 valence electrons. The van der Waals surface area contributed by atoms with E-state index in [1.807, 2.05) is 12.1 Å². The molecule has 1 aromatic heterocycles. The maximum Gasteiger partial charge on any atom is 0.251 e. The highest BCUT2D eigenvalue weighted by Crippen LogP contribution is 2.25. The Balaban J connectivity index is 2.07. The standard InChI is InChI=1S/C15H17N3O3S/c1-9-8-13(19)18-15(16-9)22-10(2)14(20)17-11-6-4-5-7-12(11)21-3/h4-8,10H,1-3H3,(H,17,20)(H,16,18,19). The van der Waals surface area contributed by atoms with Crippen LogP contribution in [0.3, 0.4) is 0 Å². The Morgan fingerprint density at radius 1 is 1.41 bits per heavy atom. The zero-order chi connectivity index (χ0) is 16.1. The fraction of sp³-hybridized carbons (Fsp3) is 0.267. The van der Waals surface area contributed by atoms with Crippen LogP contribution in [0, 0.1) is 6.92 Å². The molecule has 1 heterocycles. The van der Waals surface area contributed by atoms with Gasteiger partial charge in [0.15, 0.2) is 5.16 Å². The number of anilines is 1. The van der Waals surface area contributed by atoms with Crippen molar-refractivity contribution in [2.45, 2.75) is 24.3 Å². The summed E-state index contributed by atoms with van der Waals surface area (Å²) in [5.74, 6) is 0.397. The molecule has 2 rings (SSSR count). The monoisotopic (exact) mass is 319 g/mol. The van der Waals surface area contributed by atoms with E-state index in [2.05, 4.69) is 15.3 Å². The first-order valence-corrected chi connectivity index (χ1v) is 7.56.